The van der Waals surface area contributed by atoms with Crippen molar-refractivity contribution in [2.45, 2.75) is 58.9 Å². The van der Waals surface area contributed by atoms with Crippen LogP contribution in [0.3, 0.4) is 0 Å². The van der Waals surface area contributed by atoms with Crippen molar-refractivity contribution in [2.75, 3.05) is 18.1 Å². The summed E-state index contributed by atoms with van der Waals surface area (Å²) in [5, 5.41) is 9.71. The summed E-state index contributed by atoms with van der Waals surface area (Å²) in [4.78, 5) is 27.1. The number of morpholine rings is 1. The minimum atomic E-state index is -1.01. The summed E-state index contributed by atoms with van der Waals surface area (Å²) in [5.41, 5.74) is 0.307. The second kappa shape index (κ2) is 8.04. The van der Waals surface area contributed by atoms with E-state index in [1.165, 1.54) is 6.42 Å². The standard InChI is InChI=1S/C21H27NO4S/c1-21(2,3)10-9-15-11-16(19(27-15)20(24)25)22-17(12-26-13-18(22)23)14-7-5-4-6-8-14/h11,14,17H,4-8,12-13H2,1-3H3,(H,24,25). The first-order chi connectivity index (χ1) is 12.8. The topological polar surface area (TPSA) is 66.8 Å². The summed E-state index contributed by atoms with van der Waals surface area (Å²) in [7, 11) is 0. The Balaban J connectivity index is 1.99. The number of carboxylic acid groups (broad SMARTS) is 1. The van der Waals surface area contributed by atoms with Gasteiger partial charge in [-0.1, -0.05) is 31.1 Å². The van der Waals surface area contributed by atoms with Crippen LogP contribution in [0.5, 0.6) is 0 Å². The lowest BCUT2D eigenvalue weighted by Gasteiger charge is -2.41. The van der Waals surface area contributed by atoms with Gasteiger partial charge >= 0.3 is 5.97 Å². The fraction of sp³-hybridized carbons (Fsp3) is 0.619. The molecule has 1 unspecified atom stereocenters. The van der Waals surface area contributed by atoms with E-state index >= 15 is 0 Å². The number of thiophene rings is 1. The molecule has 1 saturated heterocycles. The highest BCUT2D eigenvalue weighted by atomic mass is 32.1. The van der Waals surface area contributed by atoms with Crippen molar-refractivity contribution < 1.29 is 19.4 Å². The van der Waals surface area contributed by atoms with E-state index in [0.29, 0.717) is 23.1 Å². The molecule has 0 aromatic carbocycles. The van der Waals surface area contributed by atoms with Gasteiger partial charge < -0.3 is 14.7 Å². The lowest BCUT2D eigenvalue weighted by Crippen LogP contribution is -2.53. The van der Waals surface area contributed by atoms with Gasteiger partial charge in [0.05, 0.1) is 23.2 Å². The Kier molecular flexibility index (Phi) is 5.92. The number of ether oxygens (including phenoxy) is 1. The largest absolute Gasteiger partial charge is 0.477 e. The van der Waals surface area contributed by atoms with E-state index < -0.39 is 5.97 Å². The number of anilines is 1. The number of nitrogens with zero attached hydrogens (tertiary/aromatic N) is 1. The van der Waals surface area contributed by atoms with Gasteiger partial charge in [0.25, 0.3) is 5.91 Å². The molecular weight excluding hydrogens is 362 g/mol. The monoisotopic (exact) mass is 389 g/mol. The van der Waals surface area contributed by atoms with Crippen LogP contribution in [0.2, 0.25) is 0 Å². The number of hydrogen-bond donors (Lipinski definition) is 1. The highest BCUT2D eigenvalue weighted by Crippen LogP contribution is 2.37. The first kappa shape index (κ1) is 19.9. The van der Waals surface area contributed by atoms with Crippen LogP contribution in [0.25, 0.3) is 0 Å². The molecule has 1 amide bonds. The molecule has 1 N–H and O–H groups in total. The Bertz CT molecular complexity index is 774. The van der Waals surface area contributed by atoms with Crippen LogP contribution in [-0.4, -0.2) is 36.2 Å². The molecule has 1 saturated carbocycles. The predicted molar refractivity (Wildman–Crippen MR) is 106 cm³/mol. The third kappa shape index (κ3) is 4.72. The van der Waals surface area contributed by atoms with Crippen molar-refractivity contribution >= 4 is 28.9 Å². The minimum Gasteiger partial charge on any atom is -0.477 e. The molecule has 0 radical (unpaired) electrons. The maximum Gasteiger partial charge on any atom is 0.348 e. The van der Waals surface area contributed by atoms with E-state index in [4.69, 9.17) is 4.74 Å². The van der Waals surface area contributed by atoms with Crippen molar-refractivity contribution in [3.8, 4) is 11.8 Å². The Labute approximate surface area is 164 Å². The van der Waals surface area contributed by atoms with E-state index in [2.05, 4.69) is 11.8 Å². The van der Waals surface area contributed by atoms with Gasteiger partial charge in [0.2, 0.25) is 0 Å². The summed E-state index contributed by atoms with van der Waals surface area (Å²) >= 11 is 1.14. The van der Waals surface area contributed by atoms with Crippen LogP contribution in [0.15, 0.2) is 6.07 Å². The molecule has 2 fully saturated rings. The highest BCUT2D eigenvalue weighted by molar-refractivity contribution is 7.15. The summed E-state index contributed by atoms with van der Waals surface area (Å²) in [6, 6.07) is 1.68. The first-order valence-electron chi connectivity index (χ1n) is 9.56. The maximum atomic E-state index is 12.7. The second-order valence-corrected chi connectivity index (χ2v) is 9.43. The molecule has 5 nitrogen and oxygen atoms in total. The summed E-state index contributed by atoms with van der Waals surface area (Å²) < 4.78 is 5.54. The molecule has 1 aromatic heterocycles. The van der Waals surface area contributed by atoms with Gasteiger partial charge in [0, 0.05) is 5.41 Å². The SMILES string of the molecule is CC(C)(C)C#Cc1cc(N2C(=O)COCC2C2CCCCC2)c(C(=O)O)s1. The molecule has 2 heterocycles. The average Bonchev–Trinajstić information content (AvgIpc) is 3.04. The molecule has 1 atom stereocenters. The van der Waals surface area contributed by atoms with Gasteiger partial charge in [-0.05, 0) is 45.6 Å². The van der Waals surface area contributed by atoms with E-state index in [1.807, 2.05) is 20.8 Å². The van der Waals surface area contributed by atoms with Crippen LogP contribution in [-0.2, 0) is 9.53 Å². The number of carboxylic acids is 1. The van der Waals surface area contributed by atoms with E-state index in [9.17, 15) is 14.7 Å². The molecule has 0 bridgehead atoms. The van der Waals surface area contributed by atoms with E-state index in [0.717, 1.165) is 37.0 Å². The van der Waals surface area contributed by atoms with Gasteiger partial charge in [0.1, 0.15) is 11.5 Å². The van der Waals surface area contributed by atoms with Crippen molar-refractivity contribution in [1.29, 1.82) is 0 Å². The summed E-state index contributed by atoms with van der Waals surface area (Å²) in [6.07, 6.45) is 5.65. The van der Waals surface area contributed by atoms with Crippen LogP contribution in [0, 0.1) is 23.2 Å². The van der Waals surface area contributed by atoms with E-state index in [1.54, 1.807) is 11.0 Å². The van der Waals surface area contributed by atoms with Crippen LogP contribution in [0.4, 0.5) is 5.69 Å². The van der Waals surface area contributed by atoms with E-state index in [-0.39, 0.29) is 28.8 Å². The van der Waals surface area contributed by atoms with Gasteiger partial charge in [-0.25, -0.2) is 4.79 Å². The lowest BCUT2D eigenvalue weighted by molar-refractivity contribution is -0.128. The molecule has 27 heavy (non-hydrogen) atoms. The number of carbonyl (C=O) groups excluding carboxylic acids is 1. The van der Waals surface area contributed by atoms with Crippen LogP contribution < -0.4 is 4.90 Å². The zero-order valence-electron chi connectivity index (χ0n) is 16.2. The summed E-state index contributed by atoms with van der Waals surface area (Å²) in [6.45, 7) is 6.50. The fourth-order valence-corrected chi connectivity index (χ4v) is 4.64. The van der Waals surface area contributed by atoms with Gasteiger partial charge in [-0.3, -0.25) is 4.79 Å². The van der Waals surface area contributed by atoms with Gasteiger partial charge in [0.15, 0.2) is 0 Å². The predicted octanol–water partition coefficient (Wildman–Crippen LogP) is 4.16. The Morgan fingerprint density at radius 3 is 2.63 bits per heavy atom. The zero-order chi connectivity index (χ0) is 19.6. The third-order valence-electron chi connectivity index (χ3n) is 5.04. The van der Waals surface area contributed by atoms with Crippen molar-refractivity contribution in [3.05, 3.63) is 15.8 Å². The smallest absolute Gasteiger partial charge is 0.348 e. The molecular formula is C21H27NO4S. The van der Waals surface area contributed by atoms with Crippen molar-refractivity contribution in [3.63, 3.8) is 0 Å². The molecule has 1 aromatic rings. The number of amides is 1. The highest BCUT2D eigenvalue weighted by Gasteiger charge is 2.38. The normalized spacial score (nSPS) is 21.7. The average molecular weight is 390 g/mol. The molecule has 1 aliphatic heterocycles. The lowest BCUT2D eigenvalue weighted by atomic mass is 9.83. The number of carbonyl (C=O) groups is 2. The van der Waals surface area contributed by atoms with Crippen molar-refractivity contribution in [1.82, 2.24) is 0 Å². The molecule has 0 spiro atoms. The second-order valence-electron chi connectivity index (χ2n) is 8.37. The van der Waals surface area contributed by atoms with Crippen LogP contribution >= 0.6 is 11.3 Å². The maximum absolute atomic E-state index is 12.7. The van der Waals surface area contributed by atoms with Crippen LogP contribution in [0.1, 0.15) is 67.4 Å². The molecule has 146 valence electrons. The van der Waals surface area contributed by atoms with Gasteiger partial charge in [-0.15, -0.1) is 11.3 Å². The molecule has 2 aliphatic rings. The first-order valence-corrected chi connectivity index (χ1v) is 10.4. The molecule has 3 rings (SSSR count). The fourth-order valence-electron chi connectivity index (χ4n) is 3.80. The number of rotatable bonds is 3. The zero-order valence-corrected chi connectivity index (χ0v) is 17.0. The third-order valence-corrected chi connectivity index (χ3v) is 6.06. The van der Waals surface area contributed by atoms with Gasteiger partial charge in [-0.2, -0.15) is 0 Å². The Hall–Kier alpha value is -1.84. The number of aromatic carboxylic acids is 1. The Morgan fingerprint density at radius 2 is 2.00 bits per heavy atom. The van der Waals surface area contributed by atoms with Crippen molar-refractivity contribution in [2.24, 2.45) is 11.3 Å². The number of hydrogen-bond acceptors (Lipinski definition) is 4. The Morgan fingerprint density at radius 1 is 1.30 bits per heavy atom. The minimum absolute atomic E-state index is 0.00112. The molecule has 6 heteroatoms. The molecule has 1 aliphatic carbocycles. The summed E-state index contributed by atoms with van der Waals surface area (Å²) in [5.74, 6) is 5.41. The quantitative estimate of drug-likeness (QED) is 0.789.